The van der Waals surface area contributed by atoms with Crippen molar-refractivity contribution in [1.29, 1.82) is 0 Å². The number of rotatable bonds is 4. The van der Waals surface area contributed by atoms with Crippen molar-refractivity contribution in [3.63, 3.8) is 0 Å². The Balaban J connectivity index is 2.77. The number of aliphatic hydroxyl groups is 1. The lowest BCUT2D eigenvalue weighted by Gasteiger charge is -2.20. The zero-order chi connectivity index (χ0) is 14.3. The summed E-state index contributed by atoms with van der Waals surface area (Å²) < 4.78 is 0. The van der Waals surface area contributed by atoms with Crippen molar-refractivity contribution in [3.05, 3.63) is 29.6 Å². The number of hydrogen-bond acceptors (Lipinski definition) is 4. The minimum atomic E-state index is -0.242. The first-order chi connectivity index (χ1) is 9.06. The van der Waals surface area contributed by atoms with Gasteiger partial charge in [-0.3, -0.25) is 9.78 Å². The number of likely N-dealkylation sites (N-methyl/N-ethyl adjacent to an activating group) is 1. The molecule has 2 N–H and O–H groups in total. The largest absolute Gasteiger partial charge is 0.384 e. The monoisotopic (exact) mass is 261 g/mol. The molecule has 1 aromatic heterocycles. The fourth-order valence-electron chi connectivity index (χ4n) is 1.35. The lowest BCUT2D eigenvalue weighted by atomic mass is 10.1. The van der Waals surface area contributed by atoms with Gasteiger partial charge < -0.3 is 15.3 Å². The number of nitrogens with one attached hydrogen (secondary N) is 1. The second kappa shape index (κ2) is 7.52. The maximum absolute atomic E-state index is 12.1. The zero-order valence-electron chi connectivity index (χ0n) is 11.5. The van der Waals surface area contributed by atoms with Gasteiger partial charge in [-0.15, -0.1) is 0 Å². The Kier molecular flexibility index (Phi) is 6.00. The van der Waals surface area contributed by atoms with Gasteiger partial charge in [0.15, 0.2) is 0 Å². The van der Waals surface area contributed by atoms with E-state index in [1.165, 1.54) is 6.20 Å². The number of aromatic nitrogens is 1. The van der Waals surface area contributed by atoms with Crippen molar-refractivity contribution in [2.24, 2.45) is 0 Å². The minimum absolute atomic E-state index is 0.182. The van der Waals surface area contributed by atoms with Gasteiger partial charge >= 0.3 is 0 Å². The smallest absolute Gasteiger partial charge is 0.252 e. The molecule has 1 unspecified atom stereocenters. The van der Waals surface area contributed by atoms with E-state index in [0.717, 1.165) is 0 Å². The quantitative estimate of drug-likeness (QED) is 0.755. The molecule has 0 aliphatic carbocycles. The lowest BCUT2D eigenvalue weighted by molar-refractivity contribution is 0.0943. The number of pyridine rings is 1. The van der Waals surface area contributed by atoms with Crippen LogP contribution >= 0.6 is 0 Å². The van der Waals surface area contributed by atoms with Gasteiger partial charge in [-0.2, -0.15) is 0 Å². The van der Waals surface area contributed by atoms with Crippen LogP contribution in [0, 0.1) is 11.8 Å². The topological polar surface area (TPSA) is 65.5 Å². The summed E-state index contributed by atoms with van der Waals surface area (Å²) in [6.07, 6.45) is 3.07. The lowest BCUT2D eigenvalue weighted by Crippen LogP contribution is -2.38. The minimum Gasteiger partial charge on any atom is -0.384 e. The molecule has 0 aliphatic rings. The Bertz CT molecular complexity index is 489. The van der Waals surface area contributed by atoms with Gasteiger partial charge in [-0.1, -0.05) is 11.8 Å². The van der Waals surface area contributed by atoms with E-state index in [9.17, 15) is 4.79 Å². The molecule has 0 saturated heterocycles. The predicted octanol–water partition coefficient (Wildman–Crippen LogP) is 0.105. The van der Waals surface area contributed by atoms with Gasteiger partial charge in [-0.05, 0) is 27.1 Å². The highest BCUT2D eigenvalue weighted by Gasteiger charge is 2.12. The molecule has 0 spiro atoms. The van der Waals surface area contributed by atoms with E-state index < -0.39 is 0 Å². The van der Waals surface area contributed by atoms with Gasteiger partial charge in [0.1, 0.15) is 6.61 Å². The fraction of sp³-hybridized carbons (Fsp3) is 0.429. The second-order valence-electron chi connectivity index (χ2n) is 4.40. The molecular formula is C14H19N3O2. The van der Waals surface area contributed by atoms with Crippen LogP contribution in [-0.2, 0) is 0 Å². The SMILES string of the molecule is CC(CNC(=O)c1ccncc1C#CCO)N(C)C. The number of hydrogen-bond donors (Lipinski definition) is 2. The Morgan fingerprint density at radius 1 is 1.58 bits per heavy atom. The summed E-state index contributed by atoms with van der Waals surface area (Å²) in [5.41, 5.74) is 0.994. The van der Waals surface area contributed by atoms with Crippen LogP contribution in [0.1, 0.15) is 22.8 Å². The molecule has 0 saturated carbocycles. The fourth-order valence-corrected chi connectivity index (χ4v) is 1.35. The maximum atomic E-state index is 12.1. The molecule has 1 atom stereocenters. The van der Waals surface area contributed by atoms with Crippen molar-refractivity contribution in [1.82, 2.24) is 15.2 Å². The van der Waals surface area contributed by atoms with E-state index in [1.807, 2.05) is 25.9 Å². The molecule has 0 aliphatic heterocycles. The van der Waals surface area contributed by atoms with Crippen molar-refractivity contribution >= 4 is 5.91 Å². The summed E-state index contributed by atoms with van der Waals surface area (Å²) in [6, 6.07) is 1.87. The average molecular weight is 261 g/mol. The number of nitrogens with zero attached hydrogens (tertiary/aromatic N) is 2. The summed E-state index contributed by atoms with van der Waals surface area (Å²) in [5.74, 6) is 5.06. The maximum Gasteiger partial charge on any atom is 0.252 e. The highest BCUT2D eigenvalue weighted by Crippen LogP contribution is 2.05. The Morgan fingerprint density at radius 2 is 2.32 bits per heavy atom. The van der Waals surface area contributed by atoms with Gasteiger partial charge in [0.2, 0.25) is 0 Å². The number of amides is 1. The van der Waals surface area contributed by atoms with Gasteiger partial charge in [0.05, 0.1) is 11.1 Å². The van der Waals surface area contributed by atoms with Gasteiger partial charge in [0, 0.05) is 25.0 Å². The zero-order valence-corrected chi connectivity index (χ0v) is 11.5. The molecule has 1 heterocycles. The third-order valence-electron chi connectivity index (χ3n) is 2.81. The summed E-state index contributed by atoms with van der Waals surface area (Å²) in [5, 5.41) is 11.6. The summed E-state index contributed by atoms with van der Waals surface area (Å²) in [6.45, 7) is 2.34. The highest BCUT2D eigenvalue weighted by atomic mass is 16.2. The third-order valence-corrected chi connectivity index (χ3v) is 2.81. The van der Waals surface area contributed by atoms with E-state index in [1.54, 1.807) is 12.3 Å². The highest BCUT2D eigenvalue weighted by molar-refractivity contribution is 5.96. The van der Waals surface area contributed by atoms with Gasteiger partial charge in [0.25, 0.3) is 5.91 Å². The van der Waals surface area contributed by atoms with Crippen LogP contribution in [0.2, 0.25) is 0 Å². The standard InChI is InChI=1S/C14H19N3O2/c1-11(17(2)3)9-16-14(19)13-6-7-15-10-12(13)5-4-8-18/h6-7,10-11,18H,8-9H2,1-3H3,(H,16,19). The molecule has 0 fully saturated rings. The van der Waals surface area contributed by atoms with Crippen LogP contribution in [0.5, 0.6) is 0 Å². The van der Waals surface area contributed by atoms with Crippen molar-refractivity contribution in [2.45, 2.75) is 13.0 Å². The molecule has 1 amide bonds. The molecule has 0 bridgehead atoms. The van der Waals surface area contributed by atoms with Crippen LogP contribution in [-0.4, -0.2) is 54.2 Å². The van der Waals surface area contributed by atoms with Crippen LogP contribution in [0.15, 0.2) is 18.5 Å². The van der Waals surface area contributed by atoms with E-state index >= 15 is 0 Å². The average Bonchev–Trinajstić information content (AvgIpc) is 2.42. The molecule has 0 radical (unpaired) electrons. The van der Waals surface area contributed by atoms with Crippen molar-refractivity contribution < 1.29 is 9.90 Å². The number of carbonyl (C=O) groups excluding carboxylic acids is 1. The normalized spacial score (nSPS) is 11.6. The number of aliphatic hydroxyl groups excluding tert-OH is 1. The molecule has 1 aromatic rings. The predicted molar refractivity (Wildman–Crippen MR) is 73.7 cm³/mol. The first kappa shape index (κ1) is 15.2. The van der Waals surface area contributed by atoms with E-state index in [0.29, 0.717) is 17.7 Å². The van der Waals surface area contributed by atoms with Crippen LogP contribution in [0.3, 0.4) is 0 Å². The Labute approximate surface area is 113 Å². The molecule has 19 heavy (non-hydrogen) atoms. The van der Waals surface area contributed by atoms with Gasteiger partial charge in [-0.25, -0.2) is 0 Å². The van der Waals surface area contributed by atoms with E-state index in [2.05, 4.69) is 22.1 Å². The second-order valence-corrected chi connectivity index (χ2v) is 4.40. The summed E-state index contributed by atoms with van der Waals surface area (Å²) in [7, 11) is 3.92. The first-order valence-electron chi connectivity index (χ1n) is 6.04. The molecule has 102 valence electrons. The molecule has 5 heteroatoms. The van der Waals surface area contributed by atoms with Crippen LogP contribution in [0.25, 0.3) is 0 Å². The summed E-state index contributed by atoms with van der Waals surface area (Å²) >= 11 is 0. The Hall–Kier alpha value is -1.90. The van der Waals surface area contributed by atoms with Crippen LogP contribution in [0.4, 0.5) is 0 Å². The molecule has 0 aromatic carbocycles. The van der Waals surface area contributed by atoms with Crippen molar-refractivity contribution in [2.75, 3.05) is 27.2 Å². The van der Waals surface area contributed by atoms with E-state index in [4.69, 9.17) is 5.11 Å². The van der Waals surface area contributed by atoms with Crippen molar-refractivity contribution in [3.8, 4) is 11.8 Å². The molecule has 1 rings (SSSR count). The third kappa shape index (κ3) is 4.70. The number of carbonyl (C=O) groups is 1. The van der Waals surface area contributed by atoms with E-state index in [-0.39, 0.29) is 18.6 Å². The molecule has 5 nitrogen and oxygen atoms in total. The first-order valence-corrected chi connectivity index (χ1v) is 6.04. The Morgan fingerprint density at radius 3 is 2.95 bits per heavy atom. The molecular weight excluding hydrogens is 242 g/mol. The van der Waals surface area contributed by atoms with Crippen LogP contribution < -0.4 is 5.32 Å². The summed E-state index contributed by atoms with van der Waals surface area (Å²) in [4.78, 5) is 18.0.